The van der Waals surface area contributed by atoms with Crippen molar-refractivity contribution in [2.24, 2.45) is 5.92 Å². The van der Waals surface area contributed by atoms with Gasteiger partial charge in [0.2, 0.25) is 0 Å². The van der Waals surface area contributed by atoms with Crippen LogP contribution < -0.4 is 0 Å². The quantitative estimate of drug-likeness (QED) is 0.458. The summed E-state index contributed by atoms with van der Waals surface area (Å²) in [4.78, 5) is 0. The first-order valence-corrected chi connectivity index (χ1v) is 6.12. The van der Waals surface area contributed by atoms with Gasteiger partial charge < -0.3 is 0 Å². The molecule has 0 fully saturated rings. The Morgan fingerprint density at radius 1 is 1.36 bits per heavy atom. The van der Waals surface area contributed by atoms with Crippen LogP contribution in [0.3, 0.4) is 0 Å². The standard InChI is InChI=1S/C9H19ClS/c1-8(7-9(2)10)5-4-6-11-3/h8-9H,4-7H2,1-3H3. The predicted octanol–water partition coefficient (Wildman–Crippen LogP) is 3.78. The molecule has 0 aliphatic carbocycles. The molecule has 0 nitrogen and oxygen atoms in total. The lowest BCUT2D eigenvalue weighted by molar-refractivity contribution is 0.485. The van der Waals surface area contributed by atoms with E-state index in [2.05, 4.69) is 20.1 Å². The number of thioether (sulfide) groups is 1. The molecule has 0 N–H and O–H groups in total. The van der Waals surface area contributed by atoms with Crippen LogP contribution in [0.2, 0.25) is 0 Å². The molecule has 2 atom stereocenters. The summed E-state index contributed by atoms with van der Waals surface area (Å²) in [5, 5.41) is 0.347. The molecule has 0 amide bonds. The summed E-state index contributed by atoms with van der Waals surface area (Å²) in [6.07, 6.45) is 5.99. The van der Waals surface area contributed by atoms with E-state index in [1.807, 2.05) is 11.8 Å². The average molecular weight is 195 g/mol. The largest absolute Gasteiger partial charge is 0.165 e. The van der Waals surface area contributed by atoms with Crippen LogP contribution in [0.15, 0.2) is 0 Å². The van der Waals surface area contributed by atoms with Gasteiger partial charge in [0, 0.05) is 5.38 Å². The van der Waals surface area contributed by atoms with E-state index in [9.17, 15) is 0 Å². The number of halogens is 1. The van der Waals surface area contributed by atoms with Gasteiger partial charge in [-0.25, -0.2) is 0 Å². The maximum Gasteiger partial charge on any atom is 0.0310 e. The first kappa shape index (κ1) is 11.6. The number of hydrogen-bond donors (Lipinski definition) is 0. The molecule has 0 radical (unpaired) electrons. The Morgan fingerprint density at radius 2 is 2.00 bits per heavy atom. The van der Waals surface area contributed by atoms with Crippen molar-refractivity contribution in [3.8, 4) is 0 Å². The minimum Gasteiger partial charge on any atom is -0.165 e. The van der Waals surface area contributed by atoms with E-state index in [-0.39, 0.29) is 0 Å². The lowest BCUT2D eigenvalue weighted by Gasteiger charge is -2.11. The highest BCUT2D eigenvalue weighted by Gasteiger charge is 2.05. The highest BCUT2D eigenvalue weighted by Crippen LogP contribution is 2.16. The molecule has 11 heavy (non-hydrogen) atoms. The molecule has 68 valence electrons. The van der Waals surface area contributed by atoms with Crippen molar-refractivity contribution in [1.29, 1.82) is 0 Å². The first-order valence-electron chi connectivity index (χ1n) is 4.29. The minimum absolute atomic E-state index is 0.347. The van der Waals surface area contributed by atoms with Gasteiger partial charge in [-0.2, -0.15) is 11.8 Å². The van der Waals surface area contributed by atoms with Gasteiger partial charge >= 0.3 is 0 Å². The summed E-state index contributed by atoms with van der Waals surface area (Å²) in [6, 6.07) is 0. The van der Waals surface area contributed by atoms with Crippen LogP contribution in [-0.2, 0) is 0 Å². The maximum atomic E-state index is 5.88. The molecule has 0 bridgehead atoms. The lowest BCUT2D eigenvalue weighted by Crippen LogP contribution is -2.02. The fourth-order valence-corrected chi connectivity index (χ4v) is 2.01. The smallest absolute Gasteiger partial charge is 0.0310 e. The summed E-state index contributed by atoms with van der Waals surface area (Å²) in [5.74, 6) is 2.09. The third-order valence-electron chi connectivity index (χ3n) is 1.77. The molecule has 0 heterocycles. The van der Waals surface area contributed by atoms with Crippen LogP contribution in [0.25, 0.3) is 0 Å². The van der Waals surface area contributed by atoms with E-state index in [1.165, 1.54) is 18.6 Å². The Morgan fingerprint density at radius 3 is 2.45 bits per heavy atom. The molecular formula is C9H19ClS. The van der Waals surface area contributed by atoms with Crippen LogP contribution in [0, 0.1) is 5.92 Å². The van der Waals surface area contributed by atoms with Gasteiger partial charge in [-0.1, -0.05) is 6.92 Å². The molecule has 2 heteroatoms. The number of hydrogen-bond acceptors (Lipinski definition) is 1. The zero-order chi connectivity index (χ0) is 8.69. The Balaban J connectivity index is 3.15. The Labute approximate surface area is 80.1 Å². The van der Waals surface area contributed by atoms with E-state index in [1.54, 1.807) is 0 Å². The second kappa shape index (κ2) is 7.30. The van der Waals surface area contributed by atoms with Gasteiger partial charge in [0.1, 0.15) is 0 Å². The second-order valence-electron chi connectivity index (χ2n) is 3.26. The molecule has 0 spiro atoms. The molecule has 0 saturated heterocycles. The number of rotatable bonds is 6. The zero-order valence-corrected chi connectivity index (χ0v) is 9.34. The Kier molecular flexibility index (Phi) is 7.72. The molecule has 0 aromatic heterocycles. The van der Waals surface area contributed by atoms with Crippen LogP contribution in [0.1, 0.15) is 33.1 Å². The molecule has 0 aromatic carbocycles. The van der Waals surface area contributed by atoms with Crippen molar-refractivity contribution >= 4 is 23.4 Å². The zero-order valence-electron chi connectivity index (χ0n) is 7.77. The molecule has 0 aromatic rings. The van der Waals surface area contributed by atoms with Gasteiger partial charge in [0.25, 0.3) is 0 Å². The normalized spacial score (nSPS) is 16.4. The molecule has 0 saturated carbocycles. The van der Waals surface area contributed by atoms with E-state index in [0.717, 1.165) is 12.3 Å². The Bertz CT molecular complexity index is 83.6. The van der Waals surface area contributed by atoms with E-state index in [4.69, 9.17) is 11.6 Å². The van der Waals surface area contributed by atoms with Crippen LogP contribution in [0.4, 0.5) is 0 Å². The van der Waals surface area contributed by atoms with Crippen molar-refractivity contribution < 1.29 is 0 Å². The fraction of sp³-hybridized carbons (Fsp3) is 1.00. The third-order valence-corrected chi connectivity index (χ3v) is 2.65. The van der Waals surface area contributed by atoms with Crippen molar-refractivity contribution in [3.63, 3.8) is 0 Å². The van der Waals surface area contributed by atoms with Crippen molar-refractivity contribution in [2.45, 2.75) is 38.5 Å². The SMILES string of the molecule is CSCCCC(C)CC(C)Cl. The minimum atomic E-state index is 0.347. The predicted molar refractivity (Wildman–Crippen MR) is 56.7 cm³/mol. The summed E-state index contributed by atoms with van der Waals surface area (Å²) >= 11 is 7.81. The lowest BCUT2D eigenvalue weighted by atomic mass is 10.0. The van der Waals surface area contributed by atoms with E-state index < -0.39 is 0 Å². The topological polar surface area (TPSA) is 0 Å². The van der Waals surface area contributed by atoms with E-state index in [0.29, 0.717) is 5.38 Å². The first-order chi connectivity index (χ1) is 5.16. The third kappa shape index (κ3) is 8.55. The second-order valence-corrected chi connectivity index (χ2v) is 4.99. The summed E-state index contributed by atoms with van der Waals surface area (Å²) in [7, 11) is 0. The fourth-order valence-electron chi connectivity index (χ4n) is 1.25. The van der Waals surface area contributed by atoms with Gasteiger partial charge in [-0.3, -0.25) is 0 Å². The number of alkyl halides is 1. The summed E-state index contributed by atoms with van der Waals surface area (Å²) in [6.45, 7) is 4.37. The highest BCUT2D eigenvalue weighted by molar-refractivity contribution is 7.98. The molecule has 0 rings (SSSR count). The molecule has 0 aliphatic heterocycles. The monoisotopic (exact) mass is 194 g/mol. The van der Waals surface area contributed by atoms with Gasteiger partial charge in [-0.15, -0.1) is 11.6 Å². The highest BCUT2D eigenvalue weighted by atomic mass is 35.5. The maximum absolute atomic E-state index is 5.88. The molecule has 0 aliphatic rings. The van der Waals surface area contributed by atoms with Crippen LogP contribution in [-0.4, -0.2) is 17.4 Å². The van der Waals surface area contributed by atoms with Gasteiger partial charge in [0.05, 0.1) is 0 Å². The summed E-state index contributed by atoms with van der Waals surface area (Å²) in [5.41, 5.74) is 0. The van der Waals surface area contributed by atoms with Crippen LogP contribution >= 0.6 is 23.4 Å². The van der Waals surface area contributed by atoms with Gasteiger partial charge in [-0.05, 0) is 44.1 Å². The molecular weight excluding hydrogens is 176 g/mol. The van der Waals surface area contributed by atoms with Crippen LogP contribution in [0.5, 0.6) is 0 Å². The van der Waals surface area contributed by atoms with Gasteiger partial charge in [0.15, 0.2) is 0 Å². The summed E-state index contributed by atoms with van der Waals surface area (Å²) < 4.78 is 0. The average Bonchev–Trinajstić information content (AvgIpc) is 1.86. The van der Waals surface area contributed by atoms with Crippen molar-refractivity contribution in [2.75, 3.05) is 12.0 Å². The molecule has 2 unspecified atom stereocenters. The Hall–Kier alpha value is 0.640. The van der Waals surface area contributed by atoms with E-state index >= 15 is 0 Å². The van der Waals surface area contributed by atoms with Crippen molar-refractivity contribution in [3.05, 3.63) is 0 Å². The van der Waals surface area contributed by atoms with Crippen molar-refractivity contribution in [1.82, 2.24) is 0 Å².